The molecule has 0 radical (unpaired) electrons. The van der Waals surface area contributed by atoms with Crippen LogP contribution in [0.3, 0.4) is 0 Å². The van der Waals surface area contributed by atoms with Crippen molar-refractivity contribution in [3.63, 3.8) is 0 Å². The van der Waals surface area contributed by atoms with Crippen molar-refractivity contribution in [1.29, 1.82) is 0 Å². The molecule has 1 unspecified atom stereocenters. The summed E-state index contributed by atoms with van der Waals surface area (Å²) in [7, 11) is 1.26. The molecule has 0 aliphatic carbocycles. The van der Waals surface area contributed by atoms with Gasteiger partial charge >= 0.3 is 0 Å². The first-order valence-electron chi connectivity index (χ1n) is 7.49. The van der Waals surface area contributed by atoms with Gasteiger partial charge in [0.05, 0.1) is 29.5 Å². The minimum atomic E-state index is -3.41. The zero-order chi connectivity index (χ0) is 16.9. The Morgan fingerprint density at radius 1 is 1.17 bits per heavy atom. The van der Waals surface area contributed by atoms with E-state index in [0.29, 0.717) is 17.9 Å². The Balaban J connectivity index is 2.15. The van der Waals surface area contributed by atoms with Crippen molar-refractivity contribution in [1.82, 2.24) is 0 Å². The molecule has 2 rings (SSSR count). The predicted molar refractivity (Wildman–Crippen MR) is 84.9 cm³/mol. The van der Waals surface area contributed by atoms with Crippen molar-refractivity contribution in [2.75, 3.05) is 33.7 Å². The van der Waals surface area contributed by atoms with E-state index >= 15 is 0 Å². The van der Waals surface area contributed by atoms with Crippen LogP contribution in [0.4, 0.5) is 0 Å². The molecule has 1 fully saturated rings. The first-order valence-corrected chi connectivity index (χ1v) is 9.14. The first-order chi connectivity index (χ1) is 11.0. The zero-order valence-electron chi connectivity index (χ0n) is 13.7. The maximum atomic E-state index is 12.6. The molecule has 0 N–H and O–H groups in total. The molecule has 1 aliphatic heterocycles. The lowest BCUT2D eigenvalue weighted by atomic mass is 9.98. The van der Waals surface area contributed by atoms with Crippen LogP contribution >= 0.6 is 0 Å². The van der Waals surface area contributed by atoms with Crippen LogP contribution in [-0.2, 0) is 28.8 Å². The monoisotopic (exact) mass is 344 g/mol. The van der Waals surface area contributed by atoms with E-state index in [-0.39, 0.29) is 23.9 Å². The van der Waals surface area contributed by atoms with E-state index in [1.54, 1.807) is 51.7 Å². The van der Waals surface area contributed by atoms with E-state index in [9.17, 15) is 8.42 Å². The molecule has 130 valence electrons. The number of sulfone groups is 1. The molecule has 0 aromatic heterocycles. The van der Waals surface area contributed by atoms with Crippen molar-refractivity contribution < 1.29 is 27.4 Å². The molecule has 7 heteroatoms. The Morgan fingerprint density at radius 2 is 1.83 bits per heavy atom. The van der Waals surface area contributed by atoms with Gasteiger partial charge < -0.3 is 18.9 Å². The summed E-state index contributed by atoms with van der Waals surface area (Å²) in [6.07, 6.45) is -0.518. The molecule has 1 saturated heterocycles. The maximum Gasteiger partial charge on any atom is 0.178 e. The van der Waals surface area contributed by atoms with Gasteiger partial charge in [0, 0.05) is 33.7 Å². The Hall–Kier alpha value is -0.990. The van der Waals surface area contributed by atoms with E-state index in [4.69, 9.17) is 18.9 Å². The normalized spacial score (nSPS) is 25.1. The minimum absolute atomic E-state index is 0.0274. The Morgan fingerprint density at radius 3 is 2.39 bits per heavy atom. The lowest BCUT2D eigenvalue weighted by Gasteiger charge is -2.24. The van der Waals surface area contributed by atoms with Crippen LogP contribution in [0.15, 0.2) is 35.2 Å². The molecular formula is C16H24O6S. The van der Waals surface area contributed by atoms with Gasteiger partial charge in [0.2, 0.25) is 0 Å². The summed E-state index contributed by atoms with van der Waals surface area (Å²) in [5, 5.41) is 0. The number of rotatable bonds is 8. The van der Waals surface area contributed by atoms with Crippen molar-refractivity contribution in [2.45, 2.75) is 29.8 Å². The van der Waals surface area contributed by atoms with Gasteiger partial charge in [-0.1, -0.05) is 18.2 Å². The molecule has 3 atom stereocenters. The van der Waals surface area contributed by atoms with Gasteiger partial charge in [-0.05, 0) is 12.1 Å². The first kappa shape index (κ1) is 18.4. The van der Waals surface area contributed by atoms with Crippen molar-refractivity contribution in [2.24, 2.45) is 5.92 Å². The summed E-state index contributed by atoms with van der Waals surface area (Å²) in [4.78, 5) is 0.315. The van der Waals surface area contributed by atoms with Gasteiger partial charge in [0.25, 0.3) is 0 Å². The summed E-state index contributed by atoms with van der Waals surface area (Å²) in [6.45, 7) is 0.371. The average molecular weight is 344 g/mol. The van der Waals surface area contributed by atoms with Crippen molar-refractivity contribution in [3.05, 3.63) is 30.3 Å². The van der Waals surface area contributed by atoms with Gasteiger partial charge in [-0.15, -0.1) is 0 Å². The predicted octanol–water partition coefficient (Wildman–Crippen LogP) is 1.50. The van der Waals surface area contributed by atoms with E-state index in [2.05, 4.69) is 0 Å². The van der Waals surface area contributed by atoms with Crippen molar-refractivity contribution >= 4 is 9.84 Å². The quantitative estimate of drug-likeness (QED) is 0.666. The Bertz CT molecular complexity index is 569. The van der Waals surface area contributed by atoms with E-state index in [1.165, 1.54) is 0 Å². The molecule has 0 saturated carbocycles. The Labute approximate surface area is 137 Å². The third kappa shape index (κ3) is 4.51. The SMILES string of the molecule is COC(C[C@@H]1OC[C@H](OC)C1CS(=O)(=O)c1ccccc1)OC. The van der Waals surface area contributed by atoms with Crippen LogP contribution in [-0.4, -0.2) is 60.6 Å². The van der Waals surface area contributed by atoms with Gasteiger partial charge in [-0.2, -0.15) is 0 Å². The number of hydrogen-bond donors (Lipinski definition) is 0. The van der Waals surface area contributed by atoms with Crippen LogP contribution in [0, 0.1) is 5.92 Å². The molecule has 1 aromatic rings. The molecule has 6 nitrogen and oxygen atoms in total. The third-order valence-corrected chi connectivity index (χ3v) is 6.01. The number of hydrogen-bond acceptors (Lipinski definition) is 6. The van der Waals surface area contributed by atoms with Gasteiger partial charge in [0.1, 0.15) is 0 Å². The smallest absolute Gasteiger partial charge is 0.178 e. The highest BCUT2D eigenvalue weighted by atomic mass is 32.2. The summed E-state index contributed by atoms with van der Waals surface area (Å²) in [6, 6.07) is 8.44. The van der Waals surface area contributed by atoms with Gasteiger partial charge in [-0.25, -0.2) is 8.42 Å². The summed E-state index contributed by atoms with van der Waals surface area (Å²) in [5.41, 5.74) is 0. The fourth-order valence-corrected chi connectivity index (χ4v) is 4.56. The van der Waals surface area contributed by atoms with Crippen LogP contribution in [0.1, 0.15) is 6.42 Å². The molecule has 1 aromatic carbocycles. The second kappa shape index (κ2) is 8.21. The van der Waals surface area contributed by atoms with Gasteiger partial charge in [0.15, 0.2) is 16.1 Å². The topological polar surface area (TPSA) is 71.1 Å². The molecule has 0 spiro atoms. The fourth-order valence-electron chi connectivity index (χ4n) is 2.86. The molecule has 1 aliphatic rings. The molecule has 0 bridgehead atoms. The largest absolute Gasteiger partial charge is 0.379 e. The average Bonchev–Trinajstić information content (AvgIpc) is 2.94. The van der Waals surface area contributed by atoms with E-state index < -0.39 is 16.1 Å². The lowest BCUT2D eigenvalue weighted by Crippen LogP contribution is -2.35. The number of ether oxygens (including phenoxy) is 4. The van der Waals surface area contributed by atoms with E-state index in [1.807, 2.05) is 0 Å². The van der Waals surface area contributed by atoms with Crippen molar-refractivity contribution in [3.8, 4) is 0 Å². The minimum Gasteiger partial charge on any atom is -0.379 e. The standard InChI is InChI=1S/C16H24O6S/c1-19-15-10-22-14(9-16(20-2)21-3)13(15)11-23(17,18)12-7-5-4-6-8-12/h4-8,13-16H,9-11H2,1-3H3/t13?,14-,15-/m0/s1. The molecule has 1 heterocycles. The van der Waals surface area contributed by atoms with Gasteiger partial charge in [-0.3, -0.25) is 0 Å². The Kier molecular flexibility index (Phi) is 6.55. The summed E-state index contributed by atoms with van der Waals surface area (Å²) in [5.74, 6) is -0.293. The zero-order valence-corrected chi connectivity index (χ0v) is 14.5. The highest BCUT2D eigenvalue weighted by molar-refractivity contribution is 7.91. The second-order valence-corrected chi connectivity index (χ2v) is 7.58. The summed E-state index contributed by atoms with van der Waals surface area (Å²) >= 11 is 0. The highest BCUT2D eigenvalue weighted by Crippen LogP contribution is 2.30. The van der Waals surface area contributed by atoms with Crippen LogP contribution in [0.2, 0.25) is 0 Å². The number of methoxy groups -OCH3 is 3. The second-order valence-electron chi connectivity index (χ2n) is 5.54. The number of benzene rings is 1. The van der Waals surface area contributed by atoms with E-state index in [0.717, 1.165) is 0 Å². The summed E-state index contributed by atoms with van der Waals surface area (Å²) < 4.78 is 46.8. The third-order valence-electron chi connectivity index (χ3n) is 4.20. The van der Waals surface area contributed by atoms with Crippen LogP contribution in [0.5, 0.6) is 0 Å². The maximum absolute atomic E-state index is 12.6. The molecule has 0 amide bonds. The molecule has 23 heavy (non-hydrogen) atoms. The van der Waals surface area contributed by atoms with Crippen LogP contribution < -0.4 is 0 Å². The fraction of sp³-hybridized carbons (Fsp3) is 0.625. The molecular weight excluding hydrogens is 320 g/mol. The lowest BCUT2D eigenvalue weighted by molar-refractivity contribution is -0.127. The highest BCUT2D eigenvalue weighted by Gasteiger charge is 2.41. The van der Waals surface area contributed by atoms with Crippen LogP contribution in [0.25, 0.3) is 0 Å².